The first-order chi connectivity index (χ1) is 6.97. The van der Waals surface area contributed by atoms with E-state index in [0.717, 1.165) is 28.1 Å². The molecule has 0 aliphatic carbocycles. The molecule has 0 spiro atoms. The molecule has 0 saturated carbocycles. The molecular weight excluding hydrogens is 186 g/mol. The second-order valence-corrected chi connectivity index (χ2v) is 4.12. The summed E-state index contributed by atoms with van der Waals surface area (Å²) in [5.41, 5.74) is 9.92. The van der Waals surface area contributed by atoms with Crippen LogP contribution in [0.4, 0.5) is 5.69 Å². The molecule has 1 rings (SSSR count). The first kappa shape index (κ1) is 11.6. The molecule has 1 aromatic rings. The maximum Gasteiger partial charge on any atom is 0.128 e. The molecule has 0 radical (unpaired) electrons. The number of hydrogen-bond acceptors (Lipinski definition) is 2. The Morgan fingerprint density at radius 2 is 2.00 bits per heavy atom. The molecule has 2 nitrogen and oxygen atoms in total. The van der Waals surface area contributed by atoms with E-state index in [1.54, 1.807) is 7.11 Å². The third-order valence-electron chi connectivity index (χ3n) is 2.49. The van der Waals surface area contributed by atoms with Gasteiger partial charge in [-0.1, -0.05) is 20.4 Å². The van der Waals surface area contributed by atoms with Gasteiger partial charge in [0.05, 0.1) is 7.11 Å². The lowest BCUT2D eigenvalue weighted by atomic mass is 9.96. The van der Waals surface area contributed by atoms with E-state index >= 15 is 0 Å². The highest BCUT2D eigenvalue weighted by molar-refractivity contribution is 5.71. The van der Waals surface area contributed by atoms with Crippen LogP contribution in [0.15, 0.2) is 18.7 Å². The SMILES string of the molecule is C=C(C)c1cc(C(C)C)c(N)cc1OC. The summed E-state index contributed by atoms with van der Waals surface area (Å²) in [4.78, 5) is 0. The lowest BCUT2D eigenvalue weighted by molar-refractivity contribution is 0.413. The van der Waals surface area contributed by atoms with Gasteiger partial charge >= 0.3 is 0 Å². The molecule has 2 N–H and O–H groups in total. The number of hydrogen-bond donors (Lipinski definition) is 1. The second-order valence-electron chi connectivity index (χ2n) is 4.12. The van der Waals surface area contributed by atoms with E-state index in [-0.39, 0.29) is 0 Å². The number of nitrogens with two attached hydrogens (primary N) is 1. The molecule has 82 valence electrons. The highest BCUT2D eigenvalue weighted by Gasteiger charge is 2.11. The minimum Gasteiger partial charge on any atom is -0.496 e. The Hall–Kier alpha value is -1.44. The zero-order valence-corrected chi connectivity index (χ0v) is 9.92. The average molecular weight is 205 g/mol. The quantitative estimate of drug-likeness (QED) is 0.767. The van der Waals surface area contributed by atoms with Gasteiger partial charge in [0.25, 0.3) is 0 Å². The molecule has 0 aromatic heterocycles. The predicted octanol–water partition coefficient (Wildman–Crippen LogP) is 3.43. The number of ether oxygens (including phenoxy) is 1. The lowest BCUT2D eigenvalue weighted by Gasteiger charge is -2.15. The molecule has 0 atom stereocenters. The fourth-order valence-electron chi connectivity index (χ4n) is 1.61. The van der Waals surface area contributed by atoms with Gasteiger partial charge in [0.2, 0.25) is 0 Å². The highest BCUT2D eigenvalue weighted by atomic mass is 16.5. The van der Waals surface area contributed by atoms with Crippen LogP contribution < -0.4 is 10.5 Å². The van der Waals surface area contributed by atoms with Gasteiger partial charge in [-0.3, -0.25) is 0 Å². The van der Waals surface area contributed by atoms with Crippen LogP contribution in [0.2, 0.25) is 0 Å². The summed E-state index contributed by atoms with van der Waals surface area (Å²) in [5, 5.41) is 0. The van der Waals surface area contributed by atoms with Gasteiger partial charge in [0, 0.05) is 17.3 Å². The van der Waals surface area contributed by atoms with Crippen LogP contribution in [-0.2, 0) is 0 Å². The van der Waals surface area contributed by atoms with Crippen LogP contribution >= 0.6 is 0 Å². The molecular formula is C13H19NO. The number of benzene rings is 1. The molecule has 0 amide bonds. The van der Waals surface area contributed by atoms with Crippen molar-refractivity contribution in [2.45, 2.75) is 26.7 Å². The molecule has 0 unspecified atom stereocenters. The van der Waals surface area contributed by atoms with Gasteiger partial charge < -0.3 is 10.5 Å². The van der Waals surface area contributed by atoms with Crippen LogP contribution in [0.25, 0.3) is 5.57 Å². The minimum absolute atomic E-state index is 0.411. The molecule has 0 heterocycles. The Bertz CT molecular complexity index is 380. The van der Waals surface area contributed by atoms with E-state index in [2.05, 4.69) is 26.5 Å². The summed E-state index contributed by atoms with van der Waals surface area (Å²) < 4.78 is 5.28. The van der Waals surface area contributed by atoms with Gasteiger partial charge in [-0.2, -0.15) is 0 Å². The summed E-state index contributed by atoms with van der Waals surface area (Å²) in [6.07, 6.45) is 0. The fraction of sp³-hybridized carbons (Fsp3) is 0.385. The van der Waals surface area contributed by atoms with Crippen molar-refractivity contribution < 1.29 is 4.74 Å². The predicted molar refractivity (Wildman–Crippen MR) is 66.2 cm³/mol. The number of nitrogen functional groups attached to an aromatic ring is 1. The number of allylic oxidation sites excluding steroid dienone is 1. The van der Waals surface area contributed by atoms with Crippen molar-refractivity contribution in [3.05, 3.63) is 29.8 Å². The van der Waals surface area contributed by atoms with Crippen molar-refractivity contribution >= 4 is 11.3 Å². The molecule has 1 aromatic carbocycles. The second kappa shape index (κ2) is 4.39. The minimum atomic E-state index is 0.411. The first-order valence-electron chi connectivity index (χ1n) is 5.10. The van der Waals surface area contributed by atoms with Gasteiger partial charge in [-0.25, -0.2) is 0 Å². The number of rotatable bonds is 3. The summed E-state index contributed by atoms with van der Waals surface area (Å²) in [5.74, 6) is 1.21. The van der Waals surface area contributed by atoms with E-state index < -0.39 is 0 Å². The molecule has 2 heteroatoms. The van der Waals surface area contributed by atoms with E-state index in [9.17, 15) is 0 Å². The van der Waals surface area contributed by atoms with E-state index in [4.69, 9.17) is 10.5 Å². The normalized spacial score (nSPS) is 10.5. The zero-order valence-electron chi connectivity index (χ0n) is 9.92. The van der Waals surface area contributed by atoms with Gasteiger partial charge in [0.15, 0.2) is 0 Å². The van der Waals surface area contributed by atoms with Crippen molar-refractivity contribution in [3.8, 4) is 5.75 Å². The van der Waals surface area contributed by atoms with Gasteiger partial charge in [-0.15, -0.1) is 0 Å². The van der Waals surface area contributed by atoms with Crippen molar-refractivity contribution in [2.24, 2.45) is 0 Å². The van der Waals surface area contributed by atoms with E-state index in [1.807, 2.05) is 13.0 Å². The summed E-state index contributed by atoms with van der Waals surface area (Å²) in [6.45, 7) is 10.2. The maximum absolute atomic E-state index is 5.96. The standard InChI is InChI=1S/C13H19NO/c1-8(2)10-6-11(9(3)4)13(15-5)7-12(10)14/h6-8H,3,14H2,1-2,4-5H3. The first-order valence-corrected chi connectivity index (χ1v) is 5.10. The Kier molecular flexibility index (Phi) is 3.40. The van der Waals surface area contributed by atoms with Crippen LogP contribution in [0.1, 0.15) is 37.8 Å². The Labute approximate surface area is 91.7 Å². The summed E-state index contributed by atoms with van der Waals surface area (Å²) in [7, 11) is 1.65. The van der Waals surface area contributed by atoms with Crippen molar-refractivity contribution in [1.29, 1.82) is 0 Å². The lowest BCUT2D eigenvalue weighted by Crippen LogP contribution is -2.00. The third kappa shape index (κ3) is 2.32. The molecule has 0 aliphatic rings. The number of anilines is 1. The molecule has 0 bridgehead atoms. The monoisotopic (exact) mass is 205 g/mol. The fourth-order valence-corrected chi connectivity index (χ4v) is 1.61. The molecule has 0 saturated heterocycles. The smallest absolute Gasteiger partial charge is 0.128 e. The Balaban J connectivity index is 3.37. The van der Waals surface area contributed by atoms with Crippen LogP contribution in [0.3, 0.4) is 0 Å². The van der Waals surface area contributed by atoms with Crippen molar-refractivity contribution in [1.82, 2.24) is 0 Å². The summed E-state index contributed by atoms with van der Waals surface area (Å²) >= 11 is 0. The van der Waals surface area contributed by atoms with E-state index in [0.29, 0.717) is 5.92 Å². The van der Waals surface area contributed by atoms with Crippen LogP contribution in [0, 0.1) is 0 Å². The average Bonchev–Trinajstić information content (AvgIpc) is 2.16. The van der Waals surface area contributed by atoms with Crippen molar-refractivity contribution in [3.63, 3.8) is 0 Å². The van der Waals surface area contributed by atoms with Crippen LogP contribution in [0.5, 0.6) is 5.75 Å². The van der Waals surface area contributed by atoms with Gasteiger partial charge in [0.1, 0.15) is 5.75 Å². The van der Waals surface area contributed by atoms with Crippen LogP contribution in [-0.4, -0.2) is 7.11 Å². The highest BCUT2D eigenvalue weighted by Crippen LogP contribution is 2.33. The zero-order chi connectivity index (χ0) is 11.6. The maximum atomic E-state index is 5.96. The summed E-state index contributed by atoms with van der Waals surface area (Å²) in [6, 6.07) is 3.94. The number of methoxy groups -OCH3 is 1. The van der Waals surface area contributed by atoms with Crippen molar-refractivity contribution in [2.75, 3.05) is 12.8 Å². The van der Waals surface area contributed by atoms with Gasteiger partial charge in [-0.05, 0) is 30.0 Å². The van der Waals surface area contributed by atoms with E-state index in [1.165, 1.54) is 0 Å². The molecule has 0 fully saturated rings. The Morgan fingerprint density at radius 1 is 1.40 bits per heavy atom. The topological polar surface area (TPSA) is 35.2 Å². The molecule has 15 heavy (non-hydrogen) atoms. The Morgan fingerprint density at radius 3 is 2.40 bits per heavy atom. The molecule has 0 aliphatic heterocycles. The third-order valence-corrected chi connectivity index (χ3v) is 2.49. The largest absolute Gasteiger partial charge is 0.496 e.